The molecule has 0 amide bonds. The zero-order chi connectivity index (χ0) is 12.4. The molecule has 2 aromatic rings. The second kappa shape index (κ2) is 4.93. The second-order valence-electron chi connectivity index (χ2n) is 3.81. The summed E-state index contributed by atoms with van der Waals surface area (Å²) < 4.78 is 15.3. The van der Waals surface area contributed by atoms with E-state index in [0.717, 1.165) is 0 Å². The fourth-order valence-electron chi connectivity index (χ4n) is 1.57. The topological polar surface area (TPSA) is 50.9 Å². The summed E-state index contributed by atoms with van der Waals surface area (Å²) in [5, 5.41) is 17.6. The van der Waals surface area contributed by atoms with Crippen LogP contribution in [0.5, 0.6) is 0 Å². The molecule has 0 spiro atoms. The minimum Gasteiger partial charge on any atom is -0.388 e. The van der Waals surface area contributed by atoms with Crippen LogP contribution >= 0.6 is 15.9 Å². The van der Waals surface area contributed by atoms with Crippen LogP contribution in [0.4, 0.5) is 4.39 Å². The van der Waals surface area contributed by atoms with Gasteiger partial charge in [-0.05, 0) is 23.8 Å². The van der Waals surface area contributed by atoms with Crippen molar-refractivity contribution in [3.8, 4) is 0 Å². The summed E-state index contributed by atoms with van der Waals surface area (Å²) in [6.07, 6.45) is 1.24. The van der Waals surface area contributed by atoms with E-state index in [0.29, 0.717) is 22.2 Å². The second-order valence-corrected chi connectivity index (χ2v) is 4.72. The highest BCUT2D eigenvalue weighted by Gasteiger charge is 2.12. The first-order valence-corrected chi connectivity index (χ1v) is 5.83. The van der Waals surface area contributed by atoms with Crippen LogP contribution in [0.15, 0.2) is 28.9 Å². The average molecular weight is 300 g/mol. The Morgan fingerprint density at radius 2 is 2.24 bits per heavy atom. The summed E-state index contributed by atoms with van der Waals surface area (Å²) >= 11 is 3.19. The molecule has 2 rings (SSSR count). The van der Waals surface area contributed by atoms with Gasteiger partial charge in [-0.15, -0.1) is 5.10 Å². The SMILES string of the molecule is Cn1cc(CC(O)c2cc(F)cc(Br)c2)nn1. The van der Waals surface area contributed by atoms with E-state index in [9.17, 15) is 9.50 Å². The van der Waals surface area contributed by atoms with Crippen molar-refractivity contribution in [2.45, 2.75) is 12.5 Å². The van der Waals surface area contributed by atoms with Crippen LogP contribution in [-0.4, -0.2) is 20.1 Å². The van der Waals surface area contributed by atoms with Gasteiger partial charge in [0.25, 0.3) is 0 Å². The Labute approximate surface area is 106 Å². The number of nitrogens with zero attached hydrogens (tertiary/aromatic N) is 3. The fourth-order valence-corrected chi connectivity index (χ4v) is 2.06. The lowest BCUT2D eigenvalue weighted by Crippen LogP contribution is -2.03. The minimum atomic E-state index is -0.793. The summed E-state index contributed by atoms with van der Waals surface area (Å²) in [4.78, 5) is 0. The number of hydrogen-bond donors (Lipinski definition) is 1. The first-order chi connectivity index (χ1) is 8.04. The Kier molecular flexibility index (Phi) is 3.54. The zero-order valence-electron chi connectivity index (χ0n) is 9.14. The van der Waals surface area contributed by atoms with Gasteiger partial charge in [0.15, 0.2) is 0 Å². The third-order valence-electron chi connectivity index (χ3n) is 2.32. The molecule has 0 fully saturated rings. The van der Waals surface area contributed by atoms with Crippen LogP contribution in [0, 0.1) is 5.82 Å². The van der Waals surface area contributed by atoms with Crippen molar-refractivity contribution in [3.63, 3.8) is 0 Å². The monoisotopic (exact) mass is 299 g/mol. The van der Waals surface area contributed by atoms with Gasteiger partial charge in [0.1, 0.15) is 5.82 Å². The molecular weight excluding hydrogens is 289 g/mol. The number of hydrogen-bond acceptors (Lipinski definition) is 3. The van der Waals surface area contributed by atoms with Gasteiger partial charge < -0.3 is 5.11 Å². The molecule has 1 aromatic heterocycles. The third kappa shape index (κ3) is 3.10. The van der Waals surface area contributed by atoms with E-state index < -0.39 is 6.10 Å². The molecule has 0 bridgehead atoms. The maximum atomic E-state index is 13.2. The predicted octanol–water partition coefficient (Wildman–Crippen LogP) is 1.99. The van der Waals surface area contributed by atoms with Crippen molar-refractivity contribution in [1.29, 1.82) is 0 Å². The largest absolute Gasteiger partial charge is 0.388 e. The fraction of sp³-hybridized carbons (Fsp3) is 0.273. The van der Waals surface area contributed by atoms with Gasteiger partial charge in [-0.2, -0.15) is 0 Å². The normalized spacial score (nSPS) is 12.7. The molecule has 4 nitrogen and oxygen atoms in total. The highest BCUT2D eigenvalue weighted by Crippen LogP contribution is 2.22. The highest BCUT2D eigenvalue weighted by atomic mass is 79.9. The third-order valence-corrected chi connectivity index (χ3v) is 2.78. The summed E-state index contributed by atoms with van der Waals surface area (Å²) in [6, 6.07) is 4.34. The maximum Gasteiger partial charge on any atom is 0.124 e. The van der Waals surface area contributed by atoms with E-state index in [4.69, 9.17) is 0 Å². The van der Waals surface area contributed by atoms with Crippen LogP contribution < -0.4 is 0 Å². The molecule has 1 heterocycles. The van der Waals surface area contributed by atoms with E-state index in [1.807, 2.05) is 0 Å². The van der Waals surface area contributed by atoms with E-state index in [-0.39, 0.29) is 5.82 Å². The van der Waals surface area contributed by atoms with Crippen LogP contribution in [0.1, 0.15) is 17.4 Å². The number of aliphatic hydroxyl groups excluding tert-OH is 1. The quantitative estimate of drug-likeness (QED) is 0.943. The number of rotatable bonds is 3. The molecule has 0 saturated carbocycles. The molecule has 1 atom stereocenters. The van der Waals surface area contributed by atoms with Crippen molar-refractivity contribution in [3.05, 3.63) is 45.9 Å². The highest BCUT2D eigenvalue weighted by molar-refractivity contribution is 9.10. The van der Waals surface area contributed by atoms with Gasteiger partial charge in [-0.25, -0.2) is 4.39 Å². The Hall–Kier alpha value is -1.27. The summed E-state index contributed by atoms with van der Waals surface area (Å²) in [5.41, 5.74) is 1.18. The molecule has 0 aliphatic carbocycles. The number of aromatic nitrogens is 3. The molecule has 0 aliphatic heterocycles. The Balaban J connectivity index is 2.16. The summed E-state index contributed by atoms with van der Waals surface area (Å²) in [6.45, 7) is 0. The lowest BCUT2D eigenvalue weighted by Gasteiger charge is -2.09. The van der Waals surface area contributed by atoms with Crippen molar-refractivity contribution >= 4 is 15.9 Å². The van der Waals surface area contributed by atoms with Crippen molar-refractivity contribution in [2.75, 3.05) is 0 Å². The Morgan fingerprint density at radius 1 is 1.47 bits per heavy atom. The van der Waals surface area contributed by atoms with Crippen molar-refractivity contribution in [1.82, 2.24) is 15.0 Å². The molecular formula is C11H11BrFN3O. The van der Waals surface area contributed by atoms with Crippen molar-refractivity contribution in [2.24, 2.45) is 7.05 Å². The van der Waals surface area contributed by atoms with Crippen LogP contribution in [-0.2, 0) is 13.5 Å². The summed E-state index contributed by atoms with van der Waals surface area (Å²) in [7, 11) is 1.75. The van der Waals surface area contributed by atoms with E-state index in [1.165, 1.54) is 12.1 Å². The lowest BCUT2D eigenvalue weighted by atomic mass is 10.1. The van der Waals surface area contributed by atoms with Crippen molar-refractivity contribution < 1.29 is 9.50 Å². The molecule has 6 heteroatoms. The molecule has 0 saturated heterocycles. The predicted molar refractivity (Wildman–Crippen MR) is 63.8 cm³/mol. The standard InChI is InChI=1S/C11H11BrFN3O/c1-16-6-10(14-15-16)5-11(17)7-2-8(12)4-9(13)3-7/h2-4,6,11,17H,5H2,1H3. The Morgan fingerprint density at radius 3 is 2.82 bits per heavy atom. The maximum absolute atomic E-state index is 13.2. The molecule has 1 aromatic carbocycles. The number of aryl methyl sites for hydroxylation is 1. The smallest absolute Gasteiger partial charge is 0.124 e. The van der Waals surface area contributed by atoms with Crippen LogP contribution in [0.25, 0.3) is 0 Å². The van der Waals surface area contributed by atoms with Gasteiger partial charge >= 0.3 is 0 Å². The van der Waals surface area contributed by atoms with E-state index in [1.54, 1.807) is 24.0 Å². The van der Waals surface area contributed by atoms with Gasteiger partial charge in [0.2, 0.25) is 0 Å². The summed E-state index contributed by atoms with van der Waals surface area (Å²) in [5.74, 6) is -0.382. The van der Waals surface area contributed by atoms with Gasteiger partial charge in [-0.1, -0.05) is 21.1 Å². The van der Waals surface area contributed by atoms with Crippen LogP contribution in [0.2, 0.25) is 0 Å². The van der Waals surface area contributed by atoms with E-state index >= 15 is 0 Å². The molecule has 90 valence electrons. The van der Waals surface area contributed by atoms with Gasteiger partial charge in [-0.3, -0.25) is 4.68 Å². The first kappa shape index (κ1) is 12.2. The number of benzene rings is 1. The van der Waals surface area contributed by atoms with E-state index in [2.05, 4.69) is 26.2 Å². The first-order valence-electron chi connectivity index (χ1n) is 5.04. The lowest BCUT2D eigenvalue weighted by molar-refractivity contribution is 0.176. The van der Waals surface area contributed by atoms with Crippen LogP contribution in [0.3, 0.4) is 0 Å². The zero-order valence-corrected chi connectivity index (χ0v) is 10.7. The molecule has 1 unspecified atom stereocenters. The Bertz CT molecular complexity index is 509. The number of aliphatic hydroxyl groups is 1. The number of halogens is 2. The molecule has 0 radical (unpaired) electrons. The van der Waals surface area contributed by atoms with Gasteiger partial charge in [0, 0.05) is 24.1 Å². The van der Waals surface area contributed by atoms with Gasteiger partial charge in [0.05, 0.1) is 11.8 Å². The molecule has 0 aliphatic rings. The minimum absolute atomic E-state index is 0.309. The molecule has 1 N–H and O–H groups in total. The average Bonchev–Trinajstić information content (AvgIpc) is 2.62. The molecule has 17 heavy (non-hydrogen) atoms.